The normalized spacial score (nSPS) is 21.9. The van der Waals surface area contributed by atoms with Crippen LogP contribution in [0.25, 0.3) is 0 Å². The molecule has 4 rings (SSSR count). The van der Waals surface area contributed by atoms with Crippen molar-refractivity contribution in [3.05, 3.63) is 52.4 Å². The van der Waals surface area contributed by atoms with Gasteiger partial charge in [-0.15, -0.1) is 0 Å². The summed E-state index contributed by atoms with van der Waals surface area (Å²) in [7, 11) is 0. The van der Waals surface area contributed by atoms with E-state index in [0.717, 1.165) is 12.1 Å². The summed E-state index contributed by atoms with van der Waals surface area (Å²) in [5, 5.41) is 12.5. The van der Waals surface area contributed by atoms with Gasteiger partial charge in [-0.1, -0.05) is 12.1 Å². The third-order valence-corrected chi connectivity index (χ3v) is 5.41. The van der Waals surface area contributed by atoms with Crippen molar-refractivity contribution in [2.75, 3.05) is 19.7 Å². The molecule has 146 valence electrons. The molecular formula is C21H22N2O5. The second-order valence-corrected chi connectivity index (χ2v) is 7.05. The number of carbonyl (C=O) groups excluding carboxylic acids is 3. The maximum absolute atomic E-state index is 13.0. The standard InChI is InChI=1S/C21H22N2O5/c1-2-28-21(27)18-16(12-6-8-13(24)9-7-12)17-14(4-3-5-15(17)25)23-11-10-22-20(26)19(18)23/h6-9,16,24H,2-5,10-11H2,1H3,(H,22,26)/t16-/m0/s1. The summed E-state index contributed by atoms with van der Waals surface area (Å²) in [6, 6.07) is 6.40. The molecule has 0 unspecified atom stereocenters. The number of phenols is 1. The molecule has 1 saturated heterocycles. The van der Waals surface area contributed by atoms with Gasteiger partial charge in [0.15, 0.2) is 5.78 Å². The minimum Gasteiger partial charge on any atom is -0.508 e. The Kier molecular flexibility index (Phi) is 4.66. The molecule has 2 aliphatic heterocycles. The lowest BCUT2D eigenvalue weighted by atomic mass is 9.74. The van der Waals surface area contributed by atoms with Gasteiger partial charge in [0.25, 0.3) is 5.91 Å². The fourth-order valence-electron chi connectivity index (χ4n) is 4.30. The first-order valence-electron chi connectivity index (χ1n) is 9.55. The zero-order valence-electron chi connectivity index (χ0n) is 15.7. The summed E-state index contributed by atoms with van der Waals surface area (Å²) >= 11 is 0. The molecule has 3 aliphatic rings. The van der Waals surface area contributed by atoms with Crippen LogP contribution in [0.15, 0.2) is 46.8 Å². The summed E-state index contributed by atoms with van der Waals surface area (Å²) < 4.78 is 5.28. The Labute approximate surface area is 162 Å². The van der Waals surface area contributed by atoms with Crippen molar-refractivity contribution in [3.63, 3.8) is 0 Å². The number of Topliss-reactive ketones (excluding diaryl/α,β-unsaturated/α-hetero) is 1. The van der Waals surface area contributed by atoms with E-state index in [-0.39, 0.29) is 35.3 Å². The van der Waals surface area contributed by atoms with E-state index in [9.17, 15) is 19.5 Å². The number of rotatable bonds is 3. The van der Waals surface area contributed by atoms with Crippen LogP contribution < -0.4 is 5.32 Å². The lowest BCUT2D eigenvalue weighted by Gasteiger charge is -2.43. The van der Waals surface area contributed by atoms with E-state index in [1.807, 2.05) is 4.90 Å². The maximum atomic E-state index is 13.0. The van der Waals surface area contributed by atoms with Gasteiger partial charge in [-0.25, -0.2) is 4.79 Å². The number of nitrogens with one attached hydrogen (secondary N) is 1. The first-order chi connectivity index (χ1) is 13.5. The summed E-state index contributed by atoms with van der Waals surface area (Å²) in [5.41, 5.74) is 2.54. The molecular weight excluding hydrogens is 360 g/mol. The number of fused-ring (bicyclic) bond motifs is 2. The van der Waals surface area contributed by atoms with Crippen molar-refractivity contribution >= 4 is 17.7 Å². The predicted molar refractivity (Wildman–Crippen MR) is 100 cm³/mol. The largest absolute Gasteiger partial charge is 0.508 e. The zero-order chi connectivity index (χ0) is 19.8. The number of hydrogen-bond acceptors (Lipinski definition) is 6. The molecule has 1 amide bonds. The van der Waals surface area contributed by atoms with Crippen LogP contribution in [-0.4, -0.2) is 47.4 Å². The highest BCUT2D eigenvalue weighted by Gasteiger charge is 2.45. The second-order valence-electron chi connectivity index (χ2n) is 7.05. The highest BCUT2D eigenvalue weighted by molar-refractivity contribution is 6.09. The second kappa shape index (κ2) is 7.14. The summed E-state index contributed by atoms with van der Waals surface area (Å²) in [6.45, 7) is 2.84. The van der Waals surface area contributed by atoms with Crippen LogP contribution >= 0.6 is 0 Å². The molecule has 1 aromatic carbocycles. The number of benzene rings is 1. The molecule has 1 aromatic rings. The molecule has 0 spiro atoms. The van der Waals surface area contributed by atoms with Gasteiger partial charge in [-0.05, 0) is 37.5 Å². The zero-order valence-corrected chi connectivity index (χ0v) is 15.7. The quantitative estimate of drug-likeness (QED) is 0.774. The minimum atomic E-state index is -0.683. The highest BCUT2D eigenvalue weighted by Crippen LogP contribution is 2.46. The van der Waals surface area contributed by atoms with E-state index in [4.69, 9.17) is 4.74 Å². The number of aromatic hydroxyl groups is 1. The molecule has 1 atom stereocenters. The number of piperazine rings is 1. The number of ketones is 1. The lowest BCUT2D eigenvalue weighted by molar-refractivity contribution is -0.139. The average molecular weight is 382 g/mol. The fourth-order valence-corrected chi connectivity index (χ4v) is 4.30. The van der Waals surface area contributed by atoms with Gasteiger partial charge in [0, 0.05) is 36.7 Å². The summed E-state index contributed by atoms with van der Waals surface area (Å²) in [4.78, 5) is 40.5. The molecule has 1 fully saturated rings. The van der Waals surface area contributed by atoms with E-state index in [0.29, 0.717) is 37.1 Å². The third-order valence-electron chi connectivity index (χ3n) is 5.41. The third kappa shape index (κ3) is 2.87. The monoisotopic (exact) mass is 382 g/mol. The fraction of sp³-hybridized carbons (Fsp3) is 0.381. The van der Waals surface area contributed by atoms with E-state index in [1.165, 1.54) is 12.1 Å². The predicted octanol–water partition coefficient (Wildman–Crippen LogP) is 1.75. The Hall–Kier alpha value is -3.09. The van der Waals surface area contributed by atoms with Crippen LogP contribution in [0.3, 0.4) is 0 Å². The van der Waals surface area contributed by atoms with E-state index in [2.05, 4.69) is 5.32 Å². The van der Waals surface area contributed by atoms with E-state index >= 15 is 0 Å². The lowest BCUT2D eigenvalue weighted by Crippen LogP contribution is -2.50. The van der Waals surface area contributed by atoms with E-state index in [1.54, 1.807) is 19.1 Å². The summed E-state index contributed by atoms with van der Waals surface area (Å²) in [5.74, 6) is -1.53. The molecule has 7 nitrogen and oxygen atoms in total. The molecule has 1 aliphatic carbocycles. The Bertz CT molecular complexity index is 913. The van der Waals surface area contributed by atoms with Crippen molar-refractivity contribution < 1.29 is 24.2 Å². The number of allylic oxidation sites excluding steroid dienone is 2. The smallest absolute Gasteiger partial charge is 0.337 e. The van der Waals surface area contributed by atoms with Crippen LogP contribution in [0.1, 0.15) is 37.7 Å². The first-order valence-corrected chi connectivity index (χ1v) is 9.55. The van der Waals surface area contributed by atoms with Crippen molar-refractivity contribution in [2.45, 2.75) is 32.1 Å². The van der Waals surface area contributed by atoms with Gasteiger partial charge in [0.1, 0.15) is 11.4 Å². The number of amides is 1. The number of carbonyl (C=O) groups is 3. The number of phenolic OH excluding ortho intramolecular Hbond substituents is 1. The van der Waals surface area contributed by atoms with Gasteiger partial charge >= 0.3 is 5.97 Å². The van der Waals surface area contributed by atoms with Crippen molar-refractivity contribution in [1.29, 1.82) is 0 Å². The van der Waals surface area contributed by atoms with Gasteiger partial charge < -0.3 is 20.1 Å². The van der Waals surface area contributed by atoms with Crippen molar-refractivity contribution in [3.8, 4) is 5.75 Å². The number of esters is 1. The summed E-state index contributed by atoms with van der Waals surface area (Å²) in [6.07, 6.45) is 1.82. The van der Waals surface area contributed by atoms with Crippen LogP contribution in [0.4, 0.5) is 0 Å². The molecule has 0 radical (unpaired) electrons. The molecule has 2 N–H and O–H groups in total. The first kappa shape index (κ1) is 18.3. The van der Waals surface area contributed by atoms with Gasteiger partial charge in [-0.3, -0.25) is 9.59 Å². The van der Waals surface area contributed by atoms with Crippen LogP contribution in [0.5, 0.6) is 5.75 Å². The maximum Gasteiger partial charge on any atom is 0.337 e. The molecule has 28 heavy (non-hydrogen) atoms. The van der Waals surface area contributed by atoms with E-state index < -0.39 is 11.9 Å². The molecule has 0 saturated carbocycles. The number of nitrogens with zero attached hydrogens (tertiary/aromatic N) is 1. The van der Waals surface area contributed by atoms with Gasteiger partial charge in [-0.2, -0.15) is 0 Å². The van der Waals surface area contributed by atoms with Crippen LogP contribution in [0.2, 0.25) is 0 Å². The minimum absolute atomic E-state index is 0.00819. The molecule has 0 bridgehead atoms. The SMILES string of the molecule is CCOC(=O)C1=C2C(=O)NCCN2C2=C(C(=O)CCC2)[C@@H]1c1ccc(O)cc1. The van der Waals surface area contributed by atoms with Crippen molar-refractivity contribution in [1.82, 2.24) is 10.2 Å². The number of hydrogen-bond donors (Lipinski definition) is 2. The molecule has 2 heterocycles. The molecule has 0 aromatic heterocycles. The van der Waals surface area contributed by atoms with Crippen molar-refractivity contribution in [2.24, 2.45) is 0 Å². The van der Waals surface area contributed by atoms with Gasteiger partial charge in [0.05, 0.1) is 12.2 Å². The van der Waals surface area contributed by atoms with Gasteiger partial charge in [0.2, 0.25) is 0 Å². The highest BCUT2D eigenvalue weighted by atomic mass is 16.5. The Morgan fingerprint density at radius 2 is 2.00 bits per heavy atom. The van der Waals surface area contributed by atoms with Crippen LogP contribution in [0, 0.1) is 0 Å². The Morgan fingerprint density at radius 3 is 2.71 bits per heavy atom. The number of ether oxygens (including phenoxy) is 1. The molecule has 7 heteroatoms. The Balaban J connectivity index is 1.98. The Morgan fingerprint density at radius 1 is 1.25 bits per heavy atom. The van der Waals surface area contributed by atoms with Crippen LogP contribution in [-0.2, 0) is 19.1 Å². The average Bonchev–Trinajstić information content (AvgIpc) is 2.68. The topological polar surface area (TPSA) is 95.9 Å².